The molecule has 1 aliphatic rings. The van der Waals surface area contributed by atoms with Gasteiger partial charge in [-0.3, -0.25) is 14.5 Å². The molecule has 35 heavy (non-hydrogen) atoms. The standard InChI is InChI=1S/C28H45N3O4/c1-20(2)13-16-30-14-9-7-6-8-10-15-31(22(5)32)26-12-11-23(18-24(26)19-30)27(33)29-25(28(34)35)17-21(3)4/h11-12,18,20-21,25H,6-10,13-17,19H2,1-5H3,(H,29,33)(H,34,35)/t25-/m0/s1. The average molecular weight is 488 g/mol. The third-order valence-corrected chi connectivity index (χ3v) is 6.60. The molecule has 0 radical (unpaired) electrons. The zero-order valence-electron chi connectivity index (χ0n) is 22.3. The highest BCUT2D eigenvalue weighted by Crippen LogP contribution is 2.26. The molecule has 1 aromatic carbocycles. The van der Waals surface area contributed by atoms with Gasteiger partial charge in [-0.1, -0.05) is 47.0 Å². The normalized spacial score (nSPS) is 16.8. The summed E-state index contributed by atoms with van der Waals surface area (Å²) in [6.45, 7) is 13.2. The highest BCUT2D eigenvalue weighted by molar-refractivity contribution is 5.98. The Kier molecular flexibility index (Phi) is 11.7. The monoisotopic (exact) mass is 487 g/mol. The van der Waals surface area contributed by atoms with Gasteiger partial charge in [0.05, 0.1) is 0 Å². The van der Waals surface area contributed by atoms with E-state index in [4.69, 9.17) is 0 Å². The molecule has 0 fully saturated rings. The number of carbonyl (C=O) groups is 3. The number of hydrogen-bond donors (Lipinski definition) is 2. The van der Waals surface area contributed by atoms with Crippen LogP contribution in [0.3, 0.4) is 0 Å². The van der Waals surface area contributed by atoms with Crippen molar-refractivity contribution >= 4 is 23.5 Å². The van der Waals surface area contributed by atoms with Crippen molar-refractivity contribution in [2.45, 2.75) is 92.2 Å². The van der Waals surface area contributed by atoms with Crippen molar-refractivity contribution < 1.29 is 19.5 Å². The number of aliphatic carboxylic acids is 1. The molecule has 2 rings (SSSR count). The van der Waals surface area contributed by atoms with Crippen LogP contribution in [-0.4, -0.2) is 53.5 Å². The molecular weight excluding hydrogens is 442 g/mol. The molecule has 0 bridgehead atoms. The number of carboxylic acid groups (broad SMARTS) is 1. The van der Waals surface area contributed by atoms with Crippen LogP contribution in [0.15, 0.2) is 18.2 Å². The van der Waals surface area contributed by atoms with Crippen LogP contribution in [-0.2, 0) is 16.1 Å². The van der Waals surface area contributed by atoms with Crippen LogP contribution in [0.1, 0.15) is 95.5 Å². The summed E-state index contributed by atoms with van der Waals surface area (Å²) in [6.07, 6.45) is 7.00. The second-order valence-electron chi connectivity index (χ2n) is 10.7. The Balaban J connectivity index is 2.41. The zero-order chi connectivity index (χ0) is 26.0. The molecule has 2 N–H and O–H groups in total. The Hall–Kier alpha value is -2.41. The summed E-state index contributed by atoms with van der Waals surface area (Å²) in [5.74, 6) is -0.685. The molecule has 0 unspecified atom stereocenters. The molecule has 0 aromatic heterocycles. The molecule has 1 aliphatic heterocycles. The third kappa shape index (κ3) is 9.63. The van der Waals surface area contributed by atoms with Gasteiger partial charge in [-0.15, -0.1) is 0 Å². The Morgan fingerprint density at radius 3 is 2.23 bits per heavy atom. The summed E-state index contributed by atoms with van der Waals surface area (Å²) in [6, 6.07) is 4.49. The van der Waals surface area contributed by atoms with Crippen molar-refractivity contribution in [1.29, 1.82) is 0 Å². The summed E-state index contributed by atoms with van der Waals surface area (Å²) < 4.78 is 0. The molecule has 1 aromatic rings. The number of benzene rings is 1. The first kappa shape index (κ1) is 28.8. The molecule has 0 spiro atoms. The van der Waals surface area contributed by atoms with Crippen LogP contribution in [0.5, 0.6) is 0 Å². The van der Waals surface area contributed by atoms with E-state index in [2.05, 4.69) is 24.1 Å². The Morgan fingerprint density at radius 1 is 0.971 bits per heavy atom. The number of carboxylic acids is 1. The lowest BCUT2D eigenvalue weighted by Crippen LogP contribution is -2.41. The molecule has 2 amide bonds. The fraction of sp³-hybridized carbons (Fsp3) is 0.679. The van der Waals surface area contributed by atoms with E-state index < -0.39 is 17.9 Å². The maximum atomic E-state index is 13.0. The average Bonchev–Trinajstić information content (AvgIpc) is 2.77. The Morgan fingerprint density at radius 2 is 1.63 bits per heavy atom. The first-order chi connectivity index (χ1) is 16.6. The highest BCUT2D eigenvalue weighted by Gasteiger charge is 2.24. The number of carbonyl (C=O) groups excluding carboxylic acids is 2. The van der Waals surface area contributed by atoms with E-state index in [0.717, 1.165) is 50.0 Å². The van der Waals surface area contributed by atoms with Crippen LogP contribution < -0.4 is 10.2 Å². The van der Waals surface area contributed by atoms with Crippen LogP contribution in [0.4, 0.5) is 5.69 Å². The van der Waals surface area contributed by atoms with Gasteiger partial charge in [-0.25, -0.2) is 4.79 Å². The first-order valence-electron chi connectivity index (χ1n) is 13.3. The Bertz CT molecular complexity index is 853. The number of fused-ring (bicyclic) bond motifs is 1. The Labute approximate surface area is 211 Å². The lowest BCUT2D eigenvalue weighted by molar-refractivity contribution is -0.139. The van der Waals surface area contributed by atoms with Crippen LogP contribution in [0.25, 0.3) is 0 Å². The number of amides is 2. The quantitative estimate of drug-likeness (QED) is 0.534. The molecule has 0 aliphatic carbocycles. The third-order valence-electron chi connectivity index (χ3n) is 6.60. The van der Waals surface area contributed by atoms with Gasteiger partial charge in [-0.2, -0.15) is 0 Å². The van der Waals surface area contributed by atoms with Crippen molar-refractivity contribution in [1.82, 2.24) is 10.2 Å². The van der Waals surface area contributed by atoms with Crippen molar-refractivity contribution in [3.05, 3.63) is 29.3 Å². The lowest BCUT2D eigenvalue weighted by Gasteiger charge is -2.29. The molecule has 0 saturated carbocycles. The number of anilines is 1. The van der Waals surface area contributed by atoms with E-state index in [-0.39, 0.29) is 11.8 Å². The predicted molar refractivity (Wildman–Crippen MR) is 141 cm³/mol. The van der Waals surface area contributed by atoms with E-state index in [0.29, 0.717) is 31.0 Å². The predicted octanol–water partition coefficient (Wildman–Crippen LogP) is 5.08. The van der Waals surface area contributed by atoms with Gasteiger partial charge in [0.25, 0.3) is 5.91 Å². The number of nitrogens with one attached hydrogen (secondary N) is 1. The molecule has 1 heterocycles. The molecule has 0 saturated heterocycles. The van der Waals surface area contributed by atoms with Crippen LogP contribution >= 0.6 is 0 Å². The van der Waals surface area contributed by atoms with Crippen molar-refractivity contribution in [3.8, 4) is 0 Å². The second kappa shape index (κ2) is 14.2. The molecule has 7 heteroatoms. The summed E-state index contributed by atoms with van der Waals surface area (Å²) in [5, 5.41) is 12.2. The fourth-order valence-corrected chi connectivity index (χ4v) is 4.59. The minimum atomic E-state index is -1.03. The maximum absolute atomic E-state index is 13.0. The van der Waals surface area contributed by atoms with E-state index in [1.54, 1.807) is 13.0 Å². The topological polar surface area (TPSA) is 90.0 Å². The van der Waals surface area contributed by atoms with E-state index in [1.165, 1.54) is 12.8 Å². The highest BCUT2D eigenvalue weighted by atomic mass is 16.4. The van der Waals surface area contributed by atoms with Crippen LogP contribution in [0.2, 0.25) is 0 Å². The zero-order valence-corrected chi connectivity index (χ0v) is 22.3. The van der Waals surface area contributed by atoms with Gasteiger partial charge < -0.3 is 15.3 Å². The van der Waals surface area contributed by atoms with Gasteiger partial charge in [0.1, 0.15) is 6.04 Å². The summed E-state index contributed by atoms with van der Waals surface area (Å²) >= 11 is 0. The summed E-state index contributed by atoms with van der Waals surface area (Å²) in [4.78, 5) is 41.6. The largest absolute Gasteiger partial charge is 0.480 e. The maximum Gasteiger partial charge on any atom is 0.326 e. The molecule has 1 atom stereocenters. The fourth-order valence-electron chi connectivity index (χ4n) is 4.59. The van der Waals surface area contributed by atoms with Crippen molar-refractivity contribution in [2.24, 2.45) is 11.8 Å². The van der Waals surface area contributed by atoms with Gasteiger partial charge in [0, 0.05) is 31.3 Å². The molecule has 7 nitrogen and oxygen atoms in total. The van der Waals surface area contributed by atoms with Gasteiger partial charge >= 0.3 is 5.97 Å². The van der Waals surface area contributed by atoms with Gasteiger partial charge in [0.2, 0.25) is 5.91 Å². The first-order valence-corrected chi connectivity index (χ1v) is 13.3. The summed E-state index contributed by atoms with van der Waals surface area (Å²) in [5.41, 5.74) is 2.22. The molecular formula is C28H45N3O4. The van der Waals surface area contributed by atoms with Gasteiger partial charge in [-0.05, 0) is 74.4 Å². The van der Waals surface area contributed by atoms with Crippen molar-refractivity contribution in [3.63, 3.8) is 0 Å². The van der Waals surface area contributed by atoms with E-state index in [1.807, 2.05) is 30.9 Å². The van der Waals surface area contributed by atoms with Gasteiger partial charge in [0.15, 0.2) is 0 Å². The number of hydrogen-bond acceptors (Lipinski definition) is 4. The SMILES string of the molecule is CC(=O)N1CCCCCCCN(CCC(C)C)Cc2cc(C(=O)N[C@@H](CC(C)C)C(=O)O)ccc21. The van der Waals surface area contributed by atoms with E-state index in [9.17, 15) is 19.5 Å². The molecule has 196 valence electrons. The second-order valence-corrected chi connectivity index (χ2v) is 10.7. The smallest absolute Gasteiger partial charge is 0.326 e. The number of nitrogens with zero attached hydrogens (tertiary/aromatic N) is 2. The summed E-state index contributed by atoms with van der Waals surface area (Å²) in [7, 11) is 0. The van der Waals surface area contributed by atoms with Crippen LogP contribution in [0, 0.1) is 11.8 Å². The lowest BCUT2D eigenvalue weighted by atomic mass is 10.0. The van der Waals surface area contributed by atoms with Crippen molar-refractivity contribution in [2.75, 3.05) is 24.5 Å². The number of rotatable bonds is 8. The minimum Gasteiger partial charge on any atom is -0.480 e. The van der Waals surface area contributed by atoms with E-state index >= 15 is 0 Å². The minimum absolute atomic E-state index is 0.00267.